The molecule has 51 heavy (non-hydrogen) atoms. The molecule has 1 aromatic rings. The molecular weight excluding hydrogens is 670 g/mol. The zero-order chi connectivity index (χ0) is 38.2. The molecule has 0 unspecified atom stereocenters. The number of hydrogen-bond donors (Lipinski definition) is 9. The molecule has 18 heteroatoms. The average Bonchev–Trinajstić information content (AvgIpc) is 3.57. The van der Waals surface area contributed by atoms with E-state index in [1.54, 1.807) is 30.3 Å². The van der Waals surface area contributed by atoms with Crippen molar-refractivity contribution in [1.82, 2.24) is 31.5 Å². The fourth-order valence-electron chi connectivity index (χ4n) is 5.40. The van der Waals surface area contributed by atoms with E-state index in [2.05, 4.69) is 26.6 Å². The summed E-state index contributed by atoms with van der Waals surface area (Å²) in [5.41, 5.74) is 6.53. The number of benzene rings is 1. The minimum absolute atomic E-state index is 0.0499. The summed E-state index contributed by atoms with van der Waals surface area (Å²) in [5, 5.41) is 40.1. The van der Waals surface area contributed by atoms with Crippen LogP contribution in [0, 0.1) is 5.92 Å². The first kappa shape index (κ1) is 42.1. The number of likely N-dealkylation sites (tertiary alicyclic amines) is 1. The Kier molecular flexibility index (Phi) is 16.9. The van der Waals surface area contributed by atoms with Crippen LogP contribution < -0.4 is 32.3 Å². The predicted octanol–water partition coefficient (Wildman–Crippen LogP) is -2.39. The van der Waals surface area contributed by atoms with Gasteiger partial charge in [-0.2, -0.15) is 0 Å². The zero-order valence-electron chi connectivity index (χ0n) is 28.9. The summed E-state index contributed by atoms with van der Waals surface area (Å²) in [4.78, 5) is 102. The molecule has 0 aliphatic carbocycles. The molecule has 0 bridgehead atoms. The SMILES string of the molecule is CC(C)C[C@H](N)C(=O)N[C@@H](CO)C(=O)N[C@@H](Cc1ccccc1)C(=O)N[C@@H](C)C(=O)N[C@@H](CCC(=O)O)C(=O)N1CCC[C@H]1C(=O)NCC(=O)O. The summed E-state index contributed by atoms with van der Waals surface area (Å²) >= 11 is 0. The molecule has 1 aromatic carbocycles. The first-order chi connectivity index (χ1) is 24.0. The van der Waals surface area contributed by atoms with E-state index in [9.17, 15) is 48.6 Å². The Balaban J connectivity index is 2.19. The number of nitrogens with two attached hydrogens (primary N) is 1. The van der Waals surface area contributed by atoms with Crippen molar-refractivity contribution >= 4 is 47.4 Å². The fraction of sp³-hybridized carbons (Fsp3) is 0.576. The maximum atomic E-state index is 13.5. The van der Waals surface area contributed by atoms with Crippen LogP contribution in [0.3, 0.4) is 0 Å². The molecule has 6 atom stereocenters. The highest BCUT2D eigenvalue weighted by molar-refractivity contribution is 5.97. The van der Waals surface area contributed by atoms with Gasteiger partial charge in [-0.05, 0) is 44.1 Å². The number of aliphatic hydroxyl groups is 1. The Morgan fingerprint density at radius 2 is 1.43 bits per heavy atom. The third-order valence-corrected chi connectivity index (χ3v) is 8.06. The highest BCUT2D eigenvalue weighted by Crippen LogP contribution is 2.20. The van der Waals surface area contributed by atoms with Crippen LogP contribution >= 0.6 is 0 Å². The van der Waals surface area contributed by atoms with Gasteiger partial charge in [0, 0.05) is 19.4 Å². The molecule has 0 spiro atoms. The van der Waals surface area contributed by atoms with Gasteiger partial charge in [0.05, 0.1) is 12.6 Å². The molecular formula is C33H49N7O11. The Bertz CT molecular complexity index is 1410. The monoisotopic (exact) mass is 719 g/mol. The lowest BCUT2D eigenvalue weighted by Crippen LogP contribution is -2.60. The van der Waals surface area contributed by atoms with Gasteiger partial charge in [-0.3, -0.25) is 38.4 Å². The third-order valence-electron chi connectivity index (χ3n) is 8.06. The minimum atomic E-state index is -1.44. The van der Waals surface area contributed by atoms with E-state index < -0.39 is 103 Å². The maximum Gasteiger partial charge on any atom is 0.322 e. The maximum absolute atomic E-state index is 13.5. The van der Waals surface area contributed by atoms with Crippen molar-refractivity contribution in [2.75, 3.05) is 19.7 Å². The smallest absolute Gasteiger partial charge is 0.322 e. The molecule has 18 nitrogen and oxygen atoms in total. The molecule has 10 N–H and O–H groups in total. The molecule has 0 radical (unpaired) electrons. The molecule has 1 heterocycles. The van der Waals surface area contributed by atoms with Gasteiger partial charge in [0.25, 0.3) is 0 Å². The minimum Gasteiger partial charge on any atom is -0.481 e. The van der Waals surface area contributed by atoms with E-state index >= 15 is 0 Å². The quantitative estimate of drug-likeness (QED) is 0.0683. The second-order valence-electron chi connectivity index (χ2n) is 12.8. The number of carbonyl (C=O) groups excluding carboxylic acids is 6. The molecule has 1 aliphatic rings. The first-order valence-corrected chi connectivity index (χ1v) is 16.7. The lowest BCUT2D eigenvalue weighted by Gasteiger charge is -2.29. The normalized spacial score (nSPS) is 16.9. The average molecular weight is 720 g/mol. The van der Waals surface area contributed by atoms with Crippen molar-refractivity contribution in [3.63, 3.8) is 0 Å². The number of carboxylic acids is 2. The number of carbonyl (C=O) groups is 8. The van der Waals surface area contributed by atoms with Gasteiger partial charge >= 0.3 is 11.9 Å². The number of nitrogens with zero attached hydrogens (tertiary/aromatic N) is 1. The van der Waals surface area contributed by atoms with Crippen molar-refractivity contribution in [3.05, 3.63) is 35.9 Å². The molecule has 282 valence electrons. The van der Waals surface area contributed by atoms with Crippen molar-refractivity contribution < 1.29 is 53.7 Å². The van der Waals surface area contributed by atoms with E-state index in [4.69, 9.17) is 10.8 Å². The van der Waals surface area contributed by atoms with Gasteiger partial charge in [0.2, 0.25) is 35.4 Å². The van der Waals surface area contributed by atoms with Crippen LogP contribution in [0.15, 0.2) is 30.3 Å². The van der Waals surface area contributed by atoms with Gasteiger partial charge < -0.3 is 52.5 Å². The van der Waals surface area contributed by atoms with Crippen LogP contribution in [-0.4, -0.2) is 124 Å². The standard InChI is InChI=1S/C33H49N7O11/c1-18(2)14-21(34)29(47)39-24(17-41)31(49)38-23(15-20-8-5-4-6-9-20)30(48)36-19(3)28(46)37-22(11-12-26(42)43)33(51)40-13-7-10-25(40)32(50)35-16-27(44)45/h4-6,8-9,18-19,21-25,41H,7,10-17,34H2,1-3H3,(H,35,50)(H,36,48)(H,37,46)(H,38,49)(H,39,47)(H,42,43)(H,44,45)/t19-,21-,22-,23-,24-,25-/m0/s1. The first-order valence-electron chi connectivity index (χ1n) is 16.7. The summed E-state index contributed by atoms with van der Waals surface area (Å²) in [6.07, 6.45) is 0.0474. The van der Waals surface area contributed by atoms with E-state index in [-0.39, 0.29) is 31.7 Å². The summed E-state index contributed by atoms with van der Waals surface area (Å²) in [5.74, 6) is -7.16. The fourth-order valence-corrected chi connectivity index (χ4v) is 5.40. The van der Waals surface area contributed by atoms with Crippen LogP contribution in [0.25, 0.3) is 0 Å². The van der Waals surface area contributed by atoms with Crippen molar-refractivity contribution in [3.8, 4) is 0 Å². The Morgan fingerprint density at radius 1 is 0.824 bits per heavy atom. The molecule has 2 rings (SSSR count). The lowest BCUT2D eigenvalue weighted by molar-refractivity contribution is -0.143. The Morgan fingerprint density at radius 3 is 2.02 bits per heavy atom. The van der Waals surface area contributed by atoms with Crippen LogP contribution in [0.5, 0.6) is 0 Å². The number of aliphatic hydroxyl groups excluding tert-OH is 1. The van der Waals surface area contributed by atoms with Crippen LogP contribution in [-0.2, 0) is 44.8 Å². The summed E-state index contributed by atoms with van der Waals surface area (Å²) in [6, 6.07) is 1.14. The molecule has 1 fully saturated rings. The number of rotatable bonds is 20. The van der Waals surface area contributed by atoms with Gasteiger partial charge in [-0.1, -0.05) is 44.2 Å². The van der Waals surface area contributed by atoms with Gasteiger partial charge in [-0.25, -0.2) is 0 Å². The van der Waals surface area contributed by atoms with Gasteiger partial charge in [0.15, 0.2) is 0 Å². The molecule has 1 saturated heterocycles. The summed E-state index contributed by atoms with van der Waals surface area (Å²) < 4.78 is 0. The lowest BCUT2D eigenvalue weighted by atomic mass is 10.0. The van der Waals surface area contributed by atoms with E-state index in [0.717, 1.165) is 4.90 Å². The second kappa shape index (κ2) is 20.5. The van der Waals surface area contributed by atoms with Crippen LogP contribution in [0.2, 0.25) is 0 Å². The second-order valence-corrected chi connectivity index (χ2v) is 12.8. The van der Waals surface area contributed by atoms with Gasteiger partial charge in [0.1, 0.15) is 36.8 Å². The van der Waals surface area contributed by atoms with Gasteiger partial charge in [-0.15, -0.1) is 0 Å². The molecule has 1 aliphatic heterocycles. The highest BCUT2D eigenvalue weighted by Gasteiger charge is 2.38. The van der Waals surface area contributed by atoms with E-state index in [1.807, 2.05) is 13.8 Å². The Labute approximate surface area is 295 Å². The zero-order valence-corrected chi connectivity index (χ0v) is 28.9. The van der Waals surface area contributed by atoms with E-state index in [1.165, 1.54) is 6.92 Å². The van der Waals surface area contributed by atoms with E-state index in [0.29, 0.717) is 18.4 Å². The van der Waals surface area contributed by atoms with Crippen molar-refractivity contribution in [2.24, 2.45) is 11.7 Å². The summed E-state index contributed by atoms with van der Waals surface area (Å²) in [6.45, 7) is 3.67. The number of nitrogens with one attached hydrogen (secondary N) is 5. The van der Waals surface area contributed by atoms with Crippen LogP contribution in [0.4, 0.5) is 0 Å². The number of amides is 6. The van der Waals surface area contributed by atoms with Crippen molar-refractivity contribution in [2.45, 2.75) is 95.5 Å². The van der Waals surface area contributed by atoms with Crippen molar-refractivity contribution in [1.29, 1.82) is 0 Å². The summed E-state index contributed by atoms with van der Waals surface area (Å²) in [7, 11) is 0. The largest absolute Gasteiger partial charge is 0.481 e. The Hall–Kier alpha value is -5.10. The number of carboxylic acid groups (broad SMARTS) is 2. The van der Waals surface area contributed by atoms with Crippen LogP contribution in [0.1, 0.15) is 58.4 Å². The molecule has 6 amide bonds. The number of hydrogen-bond acceptors (Lipinski definition) is 10. The predicted molar refractivity (Wildman–Crippen MR) is 180 cm³/mol. The highest BCUT2D eigenvalue weighted by atomic mass is 16.4. The topological polar surface area (TPSA) is 287 Å². The third kappa shape index (κ3) is 14.0. The number of aliphatic carboxylic acids is 2. The molecule has 0 saturated carbocycles. The molecule has 0 aromatic heterocycles.